The lowest BCUT2D eigenvalue weighted by atomic mass is 10.2. The van der Waals surface area contributed by atoms with Crippen LogP contribution in [0.5, 0.6) is 0 Å². The molecule has 2 aromatic rings. The van der Waals surface area contributed by atoms with Crippen LogP contribution in [0.4, 0.5) is 5.69 Å². The van der Waals surface area contributed by atoms with Gasteiger partial charge in [-0.2, -0.15) is 0 Å². The summed E-state index contributed by atoms with van der Waals surface area (Å²) >= 11 is 4.76. The highest BCUT2D eigenvalue weighted by atomic mass is 79.9. The van der Waals surface area contributed by atoms with E-state index in [1.165, 1.54) is 11.3 Å². The van der Waals surface area contributed by atoms with Crippen molar-refractivity contribution in [2.24, 2.45) is 0 Å². The zero-order chi connectivity index (χ0) is 10.3. The number of aryl methyl sites for hydroxylation is 1. The van der Waals surface area contributed by atoms with Gasteiger partial charge in [0.05, 0.1) is 3.79 Å². The first-order chi connectivity index (χ1) is 6.59. The van der Waals surface area contributed by atoms with E-state index in [9.17, 15) is 4.79 Å². The summed E-state index contributed by atoms with van der Waals surface area (Å²) in [5.41, 5.74) is 6.93. The quantitative estimate of drug-likeness (QED) is 0.799. The smallest absolute Gasteiger partial charge is 0.212 e. The average Bonchev–Trinajstić information content (AvgIpc) is 2.16. The minimum atomic E-state index is -0.0886. The van der Waals surface area contributed by atoms with Gasteiger partial charge in [-0.15, -0.1) is 11.3 Å². The van der Waals surface area contributed by atoms with Crippen LogP contribution in [0.1, 0.15) is 5.56 Å². The molecule has 72 valence electrons. The third-order valence-electron chi connectivity index (χ3n) is 2.04. The predicted molar refractivity (Wildman–Crippen MR) is 64.9 cm³/mol. The van der Waals surface area contributed by atoms with Crippen LogP contribution in [-0.2, 0) is 0 Å². The number of halogens is 1. The second-order valence-electron chi connectivity index (χ2n) is 3.12. The molecule has 1 heterocycles. The summed E-state index contributed by atoms with van der Waals surface area (Å²) in [6, 6.07) is 5.80. The molecule has 0 aliphatic rings. The van der Waals surface area contributed by atoms with Crippen molar-refractivity contribution in [3.05, 3.63) is 37.8 Å². The van der Waals surface area contributed by atoms with Crippen molar-refractivity contribution in [2.45, 2.75) is 6.92 Å². The number of fused-ring (bicyclic) bond motifs is 1. The second-order valence-corrected chi connectivity index (χ2v) is 5.49. The molecule has 0 bridgehead atoms. The van der Waals surface area contributed by atoms with E-state index in [-0.39, 0.29) is 5.43 Å². The fourth-order valence-electron chi connectivity index (χ4n) is 1.30. The summed E-state index contributed by atoms with van der Waals surface area (Å²) in [5.74, 6) is 0. The number of nitrogen functional groups attached to an aromatic ring is 1. The number of hydrogen-bond donors (Lipinski definition) is 1. The highest BCUT2D eigenvalue weighted by Crippen LogP contribution is 2.28. The Hall–Kier alpha value is -0.870. The van der Waals surface area contributed by atoms with Gasteiger partial charge in [-0.1, -0.05) is 11.6 Å². The van der Waals surface area contributed by atoms with Crippen LogP contribution < -0.4 is 11.2 Å². The molecule has 0 spiro atoms. The topological polar surface area (TPSA) is 43.1 Å². The molecular formula is C10H8BrNOS. The molecular weight excluding hydrogens is 262 g/mol. The maximum Gasteiger partial charge on any atom is 0.212 e. The van der Waals surface area contributed by atoms with Gasteiger partial charge in [0, 0.05) is 10.1 Å². The zero-order valence-corrected chi connectivity index (χ0v) is 9.91. The third kappa shape index (κ3) is 1.44. The van der Waals surface area contributed by atoms with Crippen molar-refractivity contribution in [3.63, 3.8) is 0 Å². The van der Waals surface area contributed by atoms with Gasteiger partial charge in [-0.25, -0.2) is 0 Å². The normalized spacial score (nSPS) is 10.7. The van der Waals surface area contributed by atoms with Crippen LogP contribution in [-0.4, -0.2) is 0 Å². The molecule has 0 unspecified atom stereocenters. The van der Waals surface area contributed by atoms with Crippen LogP contribution in [0.2, 0.25) is 0 Å². The number of anilines is 1. The lowest BCUT2D eigenvalue weighted by Gasteiger charge is -2.01. The minimum Gasteiger partial charge on any atom is -0.394 e. The number of benzene rings is 1. The highest BCUT2D eigenvalue weighted by molar-refractivity contribution is 9.11. The maximum atomic E-state index is 11.8. The summed E-state index contributed by atoms with van der Waals surface area (Å²) in [4.78, 5) is 11.8. The molecule has 0 fully saturated rings. The molecule has 0 saturated heterocycles. The molecule has 0 atom stereocenters. The molecule has 1 aromatic heterocycles. The Balaban J connectivity index is 2.99. The van der Waals surface area contributed by atoms with E-state index in [4.69, 9.17) is 5.73 Å². The van der Waals surface area contributed by atoms with Gasteiger partial charge in [0.2, 0.25) is 5.43 Å². The number of nitrogens with two attached hydrogens (primary N) is 1. The van der Waals surface area contributed by atoms with E-state index in [0.29, 0.717) is 14.9 Å². The van der Waals surface area contributed by atoms with E-state index < -0.39 is 0 Å². The predicted octanol–water partition coefficient (Wildman–Crippen LogP) is 2.91. The summed E-state index contributed by atoms with van der Waals surface area (Å²) < 4.78 is 1.67. The van der Waals surface area contributed by atoms with E-state index >= 15 is 0 Å². The molecule has 0 amide bonds. The standard InChI is InChI=1S/C10H8BrNOS/c1-5-2-3-7-6(4-5)9(13)8(12)10(11)14-7/h2-4H,12H2,1H3. The molecule has 1 aromatic carbocycles. The van der Waals surface area contributed by atoms with Crippen LogP contribution in [0, 0.1) is 6.92 Å². The molecule has 0 aliphatic heterocycles. The summed E-state index contributed by atoms with van der Waals surface area (Å²) in [6.45, 7) is 1.96. The van der Waals surface area contributed by atoms with Crippen LogP contribution in [0.3, 0.4) is 0 Å². The first kappa shape index (κ1) is 9.68. The van der Waals surface area contributed by atoms with Crippen molar-refractivity contribution in [1.29, 1.82) is 0 Å². The van der Waals surface area contributed by atoms with Gasteiger partial charge in [-0.05, 0) is 35.0 Å². The summed E-state index contributed by atoms with van der Waals surface area (Å²) in [7, 11) is 0. The Labute approximate surface area is 93.5 Å². The zero-order valence-electron chi connectivity index (χ0n) is 7.50. The van der Waals surface area contributed by atoms with Crippen molar-refractivity contribution >= 4 is 43.0 Å². The van der Waals surface area contributed by atoms with E-state index in [0.717, 1.165) is 10.3 Å². The van der Waals surface area contributed by atoms with Crippen molar-refractivity contribution < 1.29 is 0 Å². The van der Waals surface area contributed by atoms with Gasteiger partial charge >= 0.3 is 0 Å². The number of hydrogen-bond acceptors (Lipinski definition) is 3. The lowest BCUT2D eigenvalue weighted by Crippen LogP contribution is -2.07. The van der Waals surface area contributed by atoms with E-state index in [1.807, 2.05) is 25.1 Å². The van der Waals surface area contributed by atoms with Gasteiger partial charge in [0.1, 0.15) is 5.69 Å². The molecule has 2 N–H and O–H groups in total. The Morgan fingerprint density at radius 1 is 1.43 bits per heavy atom. The van der Waals surface area contributed by atoms with Crippen molar-refractivity contribution in [1.82, 2.24) is 0 Å². The first-order valence-corrected chi connectivity index (χ1v) is 5.69. The molecule has 0 saturated carbocycles. The lowest BCUT2D eigenvalue weighted by molar-refractivity contribution is 1.50. The van der Waals surface area contributed by atoms with Gasteiger partial charge in [0.15, 0.2) is 0 Å². The third-order valence-corrected chi connectivity index (χ3v) is 3.92. The summed E-state index contributed by atoms with van der Waals surface area (Å²) in [6.07, 6.45) is 0. The fraction of sp³-hybridized carbons (Fsp3) is 0.100. The molecule has 4 heteroatoms. The van der Waals surface area contributed by atoms with Crippen molar-refractivity contribution in [3.8, 4) is 0 Å². The Bertz CT molecular complexity index is 562. The van der Waals surface area contributed by atoms with Gasteiger partial charge < -0.3 is 5.73 Å². The molecule has 0 aliphatic carbocycles. The first-order valence-electron chi connectivity index (χ1n) is 4.08. The van der Waals surface area contributed by atoms with E-state index in [2.05, 4.69) is 15.9 Å². The monoisotopic (exact) mass is 269 g/mol. The molecule has 14 heavy (non-hydrogen) atoms. The van der Waals surface area contributed by atoms with Crippen LogP contribution in [0.15, 0.2) is 26.8 Å². The Morgan fingerprint density at radius 2 is 2.14 bits per heavy atom. The van der Waals surface area contributed by atoms with Crippen molar-refractivity contribution in [2.75, 3.05) is 5.73 Å². The Kier molecular flexibility index (Phi) is 2.33. The van der Waals surface area contributed by atoms with Crippen LogP contribution >= 0.6 is 27.3 Å². The number of rotatable bonds is 0. The second kappa shape index (κ2) is 3.37. The van der Waals surface area contributed by atoms with Gasteiger partial charge in [0.25, 0.3) is 0 Å². The molecule has 2 rings (SSSR count). The fourth-order valence-corrected chi connectivity index (χ4v) is 2.79. The largest absolute Gasteiger partial charge is 0.394 e. The highest BCUT2D eigenvalue weighted by Gasteiger charge is 2.07. The molecule has 0 radical (unpaired) electrons. The summed E-state index contributed by atoms with van der Waals surface area (Å²) in [5, 5.41) is 0.704. The Morgan fingerprint density at radius 3 is 2.86 bits per heavy atom. The van der Waals surface area contributed by atoms with Crippen LogP contribution in [0.25, 0.3) is 10.1 Å². The SMILES string of the molecule is Cc1ccc2sc(Br)c(N)c(=O)c2c1. The average molecular weight is 270 g/mol. The van der Waals surface area contributed by atoms with E-state index in [1.54, 1.807) is 0 Å². The maximum absolute atomic E-state index is 11.8. The van der Waals surface area contributed by atoms with Gasteiger partial charge in [-0.3, -0.25) is 4.79 Å². The minimum absolute atomic E-state index is 0.0886. The molecule has 2 nitrogen and oxygen atoms in total.